The number of halogens is 2. The maximum atomic E-state index is 13.1. The average Bonchev–Trinajstić information content (AvgIpc) is 2.99. The van der Waals surface area contributed by atoms with Crippen molar-refractivity contribution in [2.75, 3.05) is 26.2 Å². The lowest BCUT2D eigenvalue weighted by molar-refractivity contribution is -0.135. The van der Waals surface area contributed by atoms with E-state index in [2.05, 4.69) is 15.1 Å². The highest BCUT2D eigenvalue weighted by Gasteiger charge is 2.42. The molecule has 0 spiro atoms. The normalized spacial score (nSPS) is 29.8. The smallest absolute Gasteiger partial charge is 0.227 e. The van der Waals surface area contributed by atoms with Crippen molar-refractivity contribution in [2.24, 2.45) is 0 Å². The number of benzene rings is 1. The minimum absolute atomic E-state index is 0.209. The van der Waals surface area contributed by atoms with E-state index < -0.39 is 0 Å². The van der Waals surface area contributed by atoms with E-state index in [1.54, 1.807) is 6.07 Å². The van der Waals surface area contributed by atoms with Crippen LogP contribution in [0.15, 0.2) is 18.2 Å². The van der Waals surface area contributed by atoms with Crippen LogP contribution >= 0.6 is 23.2 Å². The van der Waals surface area contributed by atoms with Crippen LogP contribution < -0.4 is 5.32 Å². The predicted octanol–water partition coefficient (Wildman–Crippen LogP) is 2.96. The Labute approximate surface area is 159 Å². The van der Waals surface area contributed by atoms with Gasteiger partial charge in [0.15, 0.2) is 0 Å². The quantitative estimate of drug-likeness (QED) is 0.873. The molecule has 4 aliphatic heterocycles. The first kappa shape index (κ1) is 17.6. The third kappa shape index (κ3) is 3.68. The molecular weight excluding hydrogens is 357 g/mol. The topological polar surface area (TPSA) is 35.6 Å². The van der Waals surface area contributed by atoms with Crippen molar-refractivity contribution in [1.82, 2.24) is 15.1 Å². The maximum absolute atomic E-state index is 13.1. The fourth-order valence-corrected chi connectivity index (χ4v) is 4.97. The first-order valence-corrected chi connectivity index (χ1v) is 10.1. The molecule has 4 fully saturated rings. The average molecular weight is 382 g/mol. The van der Waals surface area contributed by atoms with Crippen LogP contribution in [0.3, 0.4) is 0 Å². The van der Waals surface area contributed by atoms with Crippen molar-refractivity contribution in [3.8, 4) is 0 Å². The molecule has 136 valence electrons. The Bertz CT molecular complexity index is 648. The standard InChI is InChI=1S/C19H25Cl2N3O/c20-15-5-3-13(9-16(15)21)10-19(25)24-12-14-4-6-17(18(24)11-22-14)23-7-1-2-8-23/h3,5,9,14,17-18,22H,1-2,4,6-8,10-12H2/t14-,17-,18+/m1/s1. The molecule has 4 saturated heterocycles. The minimum atomic E-state index is 0.209. The number of hydrogen-bond acceptors (Lipinski definition) is 3. The summed E-state index contributed by atoms with van der Waals surface area (Å²) in [5.41, 5.74) is 0.935. The second-order valence-electron chi connectivity index (χ2n) is 7.53. The van der Waals surface area contributed by atoms with Gasteiger partial charge in [-0.15, -0.1) is 0 Å². The highest BCUT2D eigenvalue weighted by molar-refractivity contribution is 6.42. The van der Waals surface area contributed by atoms with Crippen LogP contribution in [0.2, 0.25) is 10.0 Å². The molecule has 5 rings (SSSR count). The molecule has 0 unspecified atom stereocenters. The van der Waals surface area contributed by atoms with Gasteiger partial charge in [0.25, 0.3) is 0 Å². The van der Waals surface area contributed by atoms with E-state index in [4.69, 9.17) is 23.2 Å². The van der Waals surface area contributed by atoms with E-state index in [0.29, 0.717) is 28.5 Å². The molecule has 6 heteroatoms. The van der Waals surface area contributed by atoms with Gasteiger partial charge < -0.3 is 10.2 Å². The number of carbonyl (C=O) groups is 1. The fraction of sp³-hybridized carbons (Fsp3) is 0.632. The summed E-state index contributed by atoms with van der Waals surface area (Å²) >= 11 is 12.1. The van der Waals surface area contributed by atoms with E-state index in [1.165, 1.54) is 32.4 Å². The van der Waals surface area contributed by atoms with Crippen molar-refractivity contribution in [3.63, 3.8) is 0 Å². The van der Waals surface area contributed by atoms with E-state index in [-0.39, 0.29) is 11.9 Å². The van der Waals surface area contributed by atoms with Crippen molar-refractivity contribution in [3.05, 3.63) is 33.8 Å². The summed E-state index contributed by atoms with van der Waals surface area (Å²) in [6.45, 7) is 4.11. The monoisotopic (exact) mass is 381 g/mol. The molecule has 0 saturated carbocycles. The third-order valence-corrected chi connectivity index (χ3v) is 6.70. The fourth-order valence-electron chi connectivity index (χ4n) is 4.65. The summed E-state index contributed by atoms with van der Waals surface area (Å²) in [6, 6.07) is 6.70. The highest BCUT2D eigenvalue weighted by atomic mass is 35.5. The lowest BCUT2D eigenvalue weighted by Crippen LogP contribution is -2.61. The van der Waals surface area contributed by atoms with Gasteiger partial charge in [0, 0.05) is 25.2 Å². The molecular formula is C19H25Cl2N3O. The number of likely N-dealkylation sites (tertiary alicyclic amines) is 1. The van der Waals surface area contributed by atoms with Gasteiger partial charge in [-0.2, -0.15) is 0 Å². The zero-order valence-electron chi connectivity index (χ0n) is 14.4. The number of nitrogens with zero attached hydrogens (tertiary/aromatic N) is 2. The van der Waals surface area contributed by atoms with Gasteiger partial charge in [0.2, 0.25) is 5.91 Å². The molecule has 1 N–H and O–H groups in total. The van der Waals surface area contributed by atoms with Crippen molar-refractivity contribution in [1.29, 1.82) is 0 Å². The number of piperazine rings is 1. The molecule has 3 atom stereocenters. The van der Waals surface area contributed by atoms with Crippen LogP contribution in [0.4, 0.5) is 0 Å². The Morgan fingerprint density at radius 2 is 1.92 bits per heavy atom. The lowest BCUT2D eigenvalue weighted by Gasteiger charge is -2.42. The highest BCUT2D eigenvalue weighted by Crippen LogP contribution is 2.29. The minimum Gasteiger partial charge on any atom is -0.335 e. The number of nitrogens with one attached hydrogen (secondary N) is 1. The Balaban J connectivity index is 1.51. The van der Waals surface area contributed by atoms with Crippen molar-refractivity contribution < 1.29 is 4.79 Å². The molecule has 25 heavy (non-hydrogen) atoms. The van der Waals surface area contributed by atoms with Gasteiger partial charge in [-0.25, -0.2) is 0 Å². The van der Waals surface area contributed by atoms with Crippen LogP contribution in [-0.2, 0) is 11.2 Å². The van der Waals surface area contributed by atoms with Crippen LogP contribution in [-0.4, -0.2) is 60.0 Å². The Morgan fingerprint density at radius 3 is 2.68 bits per heavy atom. The summed E-state index contributed by atoms with van der Waals surface area (Å²) < 4.78 is 0. The SMILES string of the molecule is O=C(Cc1ccc(Cl)c(Cl)c1)N1C[C@H]2CC[C@@H](N3CCCC3)[C@@H]1CN2. The summed E-state index contributed by atoms with van der Waals surface area (Å²) in [4.78, 5) is 17.8. The molecule has 4 heterocycles. The van der Waals surface area contributed by atoms with Gasteiger partial charge in [-0.1, -0.05) is 29.3 Å². The van der Waals surface area contributed by atoms with Crippen LogP contribution in [0.25, 0.3) is 0 Å². The molecule has 0 aliphatic carbocycles. The summed E-state index contributed by atoms with van der Waals surface area (Å²) in [5.74, 6) is 0.209. The van der Waals surface area contributed by atoms with E-state index in [9.17, 15) is 4.79 Å². The van der Waals surface area contributed by atoms with Crippen molar-refractivity contribution >= 4 is 29.1 Å². The number of carbonyl (C=O) groups excluding carboxylic acids is 1. The Kier molecular flexibility index (Phi) is 5.23. The first-order chi connectivity index (χ1) is 12.1. The second kappa shape index (κ2) is 7.43. The molecule has 4 nitrogen and oxygen atoms in total. The molecule has 0 radical (unpaired) electrons. The van der Waals surface area contributed by atoms with Gasteiger partial charge in [0.1, 0.15) is 0 Å². The number of rotatable bonds is 3. The predicted molar refractivity (Wildman–Crippen MR) is 101 cm³/mol. The Hall–Kier alpha value is -0.810. The lowest BCUT2D eigenvalue weighted by atomic mass is 10.0. The summed E-state index contributed by atoms with van der Waals surface area (Å²) in [6.07, 6.45) is 5.33. The molecule has 1 aromatic carbocycles. The van der Waals surface area contributed by atoms with Crippen LogP contribution in [0.5, 0.6) is 0 Å². The number of fused-ring (bicyclic) bond motifs is 4. The number of amides is 1. The second-order valence-corrected chi connectivity index (χ2v) is 8.35. The van der Waals surface area contributed by atoms with Crippen molar-refractivity contribution in [2.45, 2.75) is 50.2 Å². The molecule has 4 aliphatic rings. The zero-order chi connectivity index (χ0) is 17.4. The van der Waals surface area contributed by atoms with E-state index >= 15 is 0 Å². The number of hydrogen-bond donors (Lipinski definition) is 1. The van der Waals surface area contributed by atoms with Gasteiger partial charge >= 0.3 is 0 Å². The third-order valence-electron chi connectivity index (χ3n) is 5.96. The molecule has 0 aromatic heterocycles. The molecule has 1 aromatic rings. The molecule has 1 amide bonds. The van der Waals surface area contributed by atoms with Gasteiger partial charge in [0.05, 0.1) is 22.5 Å². The summed E-state index contributed by atoms with van der Waals surface area (Å²) in [7, 11) is 0. The maximum Gasteiger partial charge on any atom is 0.227 e. The Morgan fingerprint density at radius 1 is 1.12 bits per heavy atom. The largest absolute Gasteiger partial charge is 0.335 e. The van der Waals surface area contributed by atoms with Gasteiger partial charge in [-0.3, -0.25) is 9.69 Å². The first-order valence-electron chi connectivity index (χ1n) is 9.32. The van der Waals surface area contributed by atoms with E-state index in [0.717, 1.165) is 25.1 Å². The van der Waals surface area contributed by atoms with E-state index in [1.807, 2.05) is 12.1 Å². The van der Waals surface area contributed by atoms with Crippen LogP contribution in [0, 0.1) is 0 Å². The summed E-state index contributed by atoms with van der Waals surface area (Å²) in [5, 5.41) is 4.69. The van der Waals surface area contributed by atoms with Gasteiger partial charge in [-0.05, 0) is 56.5 Å². The van der Waals surface area contributed by atoms with Crippen LogP contribution in [0.1, 0.15) is 31.2 Å². The molecule has 2 bridgehead atoms. The zero-order valence-corrected chi connectivity index (χ0v) is 15.9.